The fraction of sp³-hybridized carbons (Fsp3) is 0.875. The van der Waals surface area contributed by atoms with Crippen LogP contribution in [0.2, 0.25) is 0 Å². The Morgan fingerprint density at radius 1 is 1.27 bits per heavy atom. The van der Waals surface area contributed by atoms with Crippen LogP contribution in [0.1, 0.15) is 13.8 Å². The molecule has 0 amide bonds. The summed E-state index contributed by atoms with van der Waals surface area (Å²) in [5.74, 6) is -1.35. The number of ether oxygens (including phenoxy) is 1. The van der Waals surface area contributed by atoms with E-state index in [-0.39, 0.29) is 13.2 Å². The number of carbonyl (C=O) groups excluding carboxylic acids is 1. The first-order chi connectivity index (χ1) is 7.02. The highest BCUT2D eigenvalue weighted by molar-refractivity contribution is 7.90. The minimum absolute atomic E-state index is 0.186. The molecule has 0 fully saturated rings. The Kier molecular flexibility index (Phi) is 7.27. The molecule has 0 aromatic rings. The van der Waals surface area contributed by atoms with Crippen LogP contribution >= 0.6 is 0 Å². The molecule has 0 aromatic carbocycles. The first kappa shape index (κ1) is 14.3. The standard InChI is InChI=1S/C8H18N2O4S/c1-3-9-5-6-10-15(12,13)7-8(11)14-4-2/h9-10H,3-7H2,1-2H3. The molecule has 7 heteroatoms. The molecule has 0 aliphatic carbocycles. The third-order valence-corrected chi connectivity index (χ3v) is 2.75. The van der Waals surface area contributed by atoms with Gasteiger partial charge in [0.05, 0.1) is 6.61 Å². The summed E-state index contributed by atoms with van der Waals surface area (Å²) in [6.45, 7) is 5.33. The van der Waals surface area contributed by atoms with Crippen molar-refractivity contribution in [1.29, 1.82) is 0 Å². The molecule has 0 saturated carbocycles. The number of nitrogens with one attached hydrogen (secondary N) is 2. The van der Waals surface area contributed by atoms with E-state index in [1.807, 2.05) is 6.92 Å². The molecule has 0 saturated heterocycles. The van der Waals surface area contributed by atoms with E-state index < -0.39 is 21.7 Å². The lowest BCUT2D eigenvalue weighted by Gasteiger charge is -2.06. The van der Waals surface area contributed by atoms with Crippen molar-refractivity contribution in [1.82, 2.24) is 10.0 Å². The average Bonchev–Trinajstić information content (AvgIpc) is 2.12. The average molecular weight is 238 g/mol. The van der Waals surface area contributed by atoms with E-state index in [4.69, 9.17) is 0 Å². The minimum atomic E-state index is -3.55. The highest BCUT2D eigenvalue weighted by atomic mass is 32.2. The van der Waals surface area contributed by atoms with E-state index >= 15 is 0 Å². The van der Waals surface area contributed by atoms with E-state index in [1.165, 1.54) is 0 Å². The zero-order chi connectivity index (χ0) is 11.7. The maximum atomic E-state index is 11.2. The Hall–Kier alpha value is -0.660. The second-order valence-electron chi connectivity index (χ2n) is 2.81. The number of hydrogen-bond donors (Lipinski definition) is 2. The molecule has 6 nitrogen and oxygen atoms in total. The van der Waals surface area contributed by atoms with Crippen LogP contribution < -0.4 is 10.0 Å². The van der Waals surface area contributed by atoms with Gasteiger partial charge >= 0.3 is 5.97 Å². The Morgan fingerprint density at radius 2 is 1.93 bits per heavy atom. The van der Waals surface area contributed by atoms with E-state index in [9.17, 15) is 13.2 Å². The topological polar surface area (TPSA) is 84.5 Å². The second kappa shape index (κ2) is 7.61. The smallest absolute Gasteiger partial charge is 0.322 e. The lowest BCUT2D eigenvalue weighted by Crippen LogP contribution is -2.35. The largest absolute Gasteiger partial charge is 0.465 e. The minimum Gasteiger partial charge on any atom is -0.465 e. The summed E-state index contributed by atoms with van der Waals surface area (Å²) in [6.07, 6.45) is 0. The van der Waals surface area contributed by atoms with Crippen LogP contribution in [-0.4, -0.2) is 46.4 Å². The quantitative estimate of drug-likeness (QED) is 0.422. The van der Waals surface area contributed by atoms with Crippen molar-refractivity contribution >= 4 is 16.0 Å². The molecule has 0 atom stereocenters. The van der Waals surface area contributed by atoms with Gasteiger partial charge in [0.2, 0.25) is 10.0 Å². The van der Waals surface area contributed by atoms with Gasteiger partial charge in [-0.3, -0.25) is 4.79 Å². The predicted molar refractivity (Wildman–Crippen MR) is 57.0 cm³/mol. The van der Waals surface area contributed by atoms with Gasteiger partial charge < -0.3 is 10.1 Å². The molecule has 15 heavy (non-hydrogen) atoms. The van der Waals surface area contributed by atoms with E-state index in [0.717, 1.165) is 6.54 Å². The summed E-state index contributed by atoms with van der Waals surface area (Å²) in [6, 6.07) is 0. The zero-order valence-electron chi connectivity index (χ0n) is 9.08. The van der Waals surface area contributed by atoms with Gasteiger partial charge in [-0.25, -0.2) is 13.1 Å². The van der Waals surface area contributed by atoms with Crippen molar-refractivity contribution < 1.29 is 17.9 Å². The fourth-order valence-corrected chi connectivity index (χ4v) is 1.79. The number of likely N-dealkylation sites (N-methyl/N-ethyl adjacent to an activating group) is 1. The van der Waals surface area contributed by atoms with Gasteiger partial charge in [0, 0.05) is 13.1 Å². The maximum absolute atomic E-state index is 11.2. The lowest BCUT2D eigenvalue weighted by atomic mass is 10.6. The predicted octanol–water partition coefficient (Wildman–Crippen LogP) is -0.922. The summed E-state index contributed by atoms with van der Waals surface area (Å²) in [4.78, 5) is 10.9. The van der Waals surface area contributed by atoms with E-state index in [2.05, 4.69) is 14.8 Å². The van der Waals surface area contributed by atoms with Crippen LogP contribution in [0.4, 0.5) is 0 Å². The second-order valence-corrected chi connectivity index (χ2v) is 4.62. The Bertz CT molecular complexity index is 276. The molecular formula is C8H18N2O4S. The number of rotatable bonds is 8. The van der Waals surface area contributed by atoms with Crippen molar-refractivity contribution in [2.24, 2.45) is 0 Å². The van der Waals surface area contributed by atoms with Crippen molar-refractivity contribution in [3.8, 4) is 0 Å². The highest BCUT2D eigenvalue weighted by Crippen LogP contribution is 1.87. The van der Waals surface area contributed by atoms with Crippen molar-refractivity contribution in [2.45, 2.75) is 13.8 Å². The van der Waals surface area contributed by atoms with Gasteiger partial charge in [0.15, 0.2) is 5.75 Å². The molecule has 0 unspecified atom stereocenters. The van der Waals surface area contributed by atoms with Crippen LogP contribution in [-0.2, 0) is 19.6 Å². The third kappa shape index (κ3) is 8.34. The first-order valence-electron chi connectivity index (χ1n) is 4.85. The van der Waals surface area contributed by atoms with E-state index in [1.54, 1.807) is 6.92 Å². The van der Waals surface area contributed by atoms with Gasteiger partial charge in [-0.2, -0.15) is 0 Å². The monoisotopic (exact) mass is 238 g/mol. The first-order valence-corrected chi connectivity index (χ1v) is 6.50. The molecule has 0 rings (SSSR count). The van der Waals surface area contributed by atoms with Gasteiger partial charge in [-0.1, -0.05) is 6.92 Å². The number of hydrogen-bond acceptors (Lipinski definition) is 5. The molecule has 0 aromatic heterocycles. The molecule has 0 radical (unpaired) electrons. The summed E-state index contributed by atoms with van der Waals surface area (Å²) >= 11 is 0. The van der Waals surface area contributed by atoms with Crippen molar-refractivity contribution in [3.63, 3.8) is 0 Å². The molecule has 0 aliphatic heterocycles. The molecule has 2 N–H and O–H groups in total. The molecule has 0 aliphatic rings. The van der Waals surface area contributed by atoms with Crippen LogP contribution in [0.5, 0.6) is 0 Å². The molecule has 0 heterocycles. The summed E-state index contributed by atoms with van der Waals surface area (Å²) in [5, 5.41) is 2.96. The summed E-state index contributed by atoms with van der Waals surface area (Å²) < 4.78 is 29.3. The van der Waals surface area contributed by atoms with Gasteiger partial charge in [0.25, 0.3) is 0 Å². The summed E-state index contributed by atoms with van der Waals surface area (Å²) in [7, 11) is -3.55. The number of sulfonamides is 1. The third-order valence-electron chi connectivity index (χ3n) is 1.49. The lowest BCUT2D eigenvalue weighted by molar-refractivity contribution is -0.139. The van der Waals surface area contributed by atoms with Crippen LogP contribution in [0.3, 0.4) is 0 Å². The molecule has 90 valence electrons. The van der Waals surface area contributed by atoms with Gasteiger partial charge in [-0.05, 0) is 13.5 Å². The van der Waals surface area contributed by atoms with Crippen LogP contribution in [0.15, 0.2) is 0 Å². The zero-order valence-corrected chi connectivity index (χ0v) is 9.89. The summed E-state index contributed by atoms with van der Waals surface area (Å²) in [5.41, 5.74) is 0. The number of carbonyl (C=O) groups is 1. The van der Waals surface area contributed by atoms with Gasteiger partial charge in [0.1, 0.15) is 0 Å². The van der Waals surface area contributed by atoms with E-state index in [0.29, 0.717) is 6.54 Å². The van der Waals surface area contributed by atoms with Crippen LogP contribution in [0.25, 0.3) is 0 Å². The fourth-order valence-electron chi connectivity index (χ4n) is 0.881. The van der Waals surface area contributed by atoms with Crippen molar-refractivity contribution in [3.05, 3.63) is 0 Å². The van der Waals surface area contributed by atoms with Gasteiger partial charge in [-0.15, -0.1) is 0 Å². The Balaban J connectivity index is 3.82. The maximum Gasteiger partial charge on any atom is 0.322 e. The normalized spacial score (nSPS) is 11.3. The Labute approximate surface area is 90.4 Å². The molecule has 0 bridgehead atoms. The SMILES string of the molecule is CCNCCNS(=O)(=O)CC(=O)OCC. The molecule has 0 spiro atoms. The highest BCUT2D eigenvalue weighted by Gasteiger charge is 2.16. The Morgan fingerprint density at radius 3 is 2.47 bits per heavy atom. The number of esters is 1. The van der Waals surface area contributed by atoms with Crippen LogP contribution in [0, 0.1) is 0 Å². The van der Waals surface area contributed by atoms with Crippen molar-refractivity contribution in [2.75, 3.05) is 32.0 Å². The molecular weight excluding hydrogens is 220 g/mol.